The van der Waals surface area contributed by atoms with Gasteiger partial charge in [0.25, 0.3) is 0 Å². The maximum atomic E-state index is 10.5. The van der Waals surface area contributed by atoms with E-state index < -0.39 is 37.3 Å². The molecule has 2 heterocycles. The summed E-state index contributed by atoms with van der Waals surface area (Å²) in [6, 6.07) is 9.02. The standard InChI is InChI=1S/C28H42N2O6/c1-4-8-21(5-2)30-17(3)22(15-18-11-13-20(14-12-18)19-9-6-7-10-19)27(29-30)36-28-26(34)25(33)24(32)23(16-31)35-28/h11-14,19,21,23-26,28,31-34H,4-10,15-16H2,1-3H3/t21?,23?,24-,25+,26-,28+/m1/s1. The van der Waals surface area contributed by atoms with Crippen molar-refractivity contribution in [2.24, 2.45) is 0 Å². The van der Waals surface area contributed by atoms with Crippen molar-refractivity contribution in [1.82, 2.24) is 9.78 Å². The molecule has 2 fully saturated rings. The highest BCUT2D eigenvalue weighted by Crippen LogP contribution is 2.35. The number of hydrogen-bond acceptors (Lipinski definition) is 7. The van der Waals surface area contributed by atoms with Gasteiger partial charge in [0.1, 0.15) is 24.4 Å². The maximum Gasteiger partial charge on any atom is 0.239 e. The molecular formula is C28H42N2O6. The first-order chi connectivity index (χ1) is 17.4. The second-order valence-corrected chi connectivity index (χ2v) is 10.4. The minimum Gasteiger partial charge on any atom is -0.443 e. The molecule has 8 heteroatoms. The fourth-order valence-corrected chi connectivity index (χ4v) is 5.66. The fourth-order valence-electron chi connectivity index (χ4n) is 5.66. The lowest BCUT2D eigenvalue weighted by Crippen LogP contribution is -2.60. The van der Waals surface area contributed by atoms with Gasteiger partial charge < -0.3 is 29.9 Å². The van der Waals surface area contributed by atoms with Crippen LogP contribution in [0, 0.1) is 6.92 Å². The second kappa shape index (κ2) is 12.0. The first-order valence-electron chi connectivity index (χ1n) is 13.5. The van der Waals surface area contributed by atoms with E-state index in [4.69, 9.17) is 14.6 Å². The average molecular weight is 503 g/mol. The molecule has 0 radical (unpaired) electrons. The molecule has 200 valence electrons. The van der Waals surface area contributed by atoms with Crippen LogP contribution in [0.25, 0.3) is 0 Å². The maximum absolute atomic E-state index is 10.5. The van der Waals surface area contributed by atoms with Gasteiger partial charge in [0.15, 0.2) is 0 Å². The summed E-state index contributed by atoms with van der Waals surface area (Å²) in [6.07, 6.45) is 1.95. The summed E-state index contributed by atoms with van der Waals surface area (Å²) in [5.41, 5.74) is 4.43. The monoisotopic (exact) mass is 502 g/mol. The Morgan fingerprint density at radius 1 is 1.06 bits per heavy atom. The number of rotatable bonds is 10. The first kappa shape index (κ1) is 27.1. The molecule has 0 amide bonds. The van der Waals surface area contributed by atoms with E-state index in [1.54, 1.807) is 0 Å². The predicted octanol–water partition coefficient (Wildman–Crippen LogP) is 3.37. The van der Waals surface area contributed by atoms with Gasteiger partial charge in [-0.25, -0.2) is 0 Å². The van der Waals surface area contributed by atoms with Gasteiger partial charge in [-0.05, 0) is 49.7 Å². The lowest BCUT2D eigenvalue weighted by atomic mass is 9.95. The fraction of sp³-hybridized carbons (Fsp3) is 0.679. The number of aliphatic hydroxyl groups excluding tert-OH is 4. The second-order valence-electron chi connectivity index (χ2n) is 10.4. The third-order valence-electron chi connectivity index (χ3n) is 7.94. The summed E-state index contributed by atoms with van der Waals surface area (Å²) in [7, 11) is 0. The van der Waals surface area contributed by atoms with E-state index in [2.05, 4.69) is 38.1 Å². The molecule has 36 heavy (non-hydrogen) atoms. The van der Waals surface area contributed by atoms with Gasteiger partial charge in [-0.3, -0.25) is 4.68 Å². The number of aliphatic hydroxyl groups is 4. The van der Waals surface area contributed by atoms with Crippen molar-refractivity contribution in [3.63, 3.8) is 0 Å². The van der Waals surface area contributed by atoms with E-state index in [9.17, 15) is 20.4 Å². The molecule has 6 atom stereocenters. The molecule has 1 aliphatic heterocycles. The van der Waals surface area contributed by atoms with Crippen molar-refractivity contribution in [1.29, 1.82) is 0 Å². The van der Waals surface area contributed by atoms with Gasteiger partial charge in [0.2, 0.25) is 12.2 Å². The quantitative estimate of drug-likeness (QED) is 0.394. The number of ether oxygens (including phenoxy) is 2. The molecule has 1 aromatic heterocycles. The van der Waals surface area contributed by atoms with Crippen molar-refractivity contribution < 1.29 is 29.9 Å². The van der Waals surface area contributed by atoms with Crippen LogP contribution in [0.3, 0.4) is 0 Å². The Balaban J connectivity index is 1.62. The van der Waals surface area contributed by atoms with Crippen molar-refractivity contribution >= 4 is 0 Å². The van der Waals surface area contributed by atoms with Crippen LogP contribution < -0.4 is 4.74 Å². The van der Waals surface area contributed by atoms with Crippen molar-refractivity contribution in [3.8, 4) is 5.88 Å². The molecule has 4 rings (SSSR count). The van der Waals surface area contributed by atoms with E-state index in [0.717, 1.165) is 36.1 Å². The van der Waals surface area contributed by atoms with Gasteiger partial charge in [-0.1, -0.05) is 57.4 Å². The van der Waals surface area contributed by atoms with E-state index in [1.807, 2.05) is 11.6 Å². The van der Waals surface area contributed by atoms with Crippen LogP contribution in [-0.4, -0.2) is 67.5 Å². The van der Waals surface area contributed by atoms with Crippen LogP contribution >= 0.6 is 0 Å². The van der Waals surface area contributed by atoms with Gasteiger partial charge in [0, 0.05) is 17.7 Å². The van der Waals surface area contributed by atoms with Crippen LogP contribution in [0.5, 0.6) is 5.88 Å². The Bertz CT molecular complexity index is 969. The largest absolute Gasteiger partial charge is 0.443 e. The third-order valence-corrected chi connectivity index (χ3v) is 7.94. The topological polar surface area (TPSA) is 117 Å². The molecule has 2 unspecified atom stereocenters. The molecule has 0 bridgehead atoms. The van der Waals surface area contributed by atoms with Gasteiger partial charge in [0.05, 0.1) is 12.6 Å². The molecule has 1 saturated heterocycles. The molecule has 0 spiro atoms. The van der Waals surface area contributed by atoms with E-state index in [0.29, 0.717) is 18.2 Å². The average Bonchev–Trinajstić information content (AvgIpc) is 3.53. The van der Waals surface area contributed by atoms with Gasteiger partial charge in [-0.15, -0.1) is 5.10 Å². The lowest BCUT2D eigenvalue weighted by Gasteiger charge is -2.39. The Kier molecular flexibility index (Phi) is 9.06. The summed E-state index contributed by atoms with van der Waals surface area (Å²) in [5, 5.41) is 45.3. The normalized spacial score (nSPS) is 27.9. The zero-order valence-corrected chi connectivity index (χ0v) is 21.7. The zero-order valence-electron chi connectivity index (χ0n) is 21.7. The highest BCUT2D eigenvalue weighted by molar-refractivity contribution is 5.38. The molecular weight excluding hydrogens is 460 g/mol. The van der Waals surface area contributed by atoms with E-state index >= 15 is 0 Å². The smallest absolute Gasteiger partial charge is 0.239 e. The summed E-state index contributed by atoms with van der Waals surface area (Å²) < 4.78 is 13.7. The minimum atomic E-state index is -1.50. The Morgan fingerprint density at radius 3 is 2.36 bits per heavy atom. The molecule has 1 saturated carbocycles. The van der Waals surface area contributed by atoms with Crippen molar-refractivity contribution in [2.45, 2.75) is 115 Å². The predicted molar refractivity (Wildman–Crippen MR) is 136 cm³/mol. The summed E-state index contributed by atoms with van der Waals surface area (Å²) in [5.74, 6) is 0.999. The zero-order chi connectivity index (χ0) is 25.8. The highest BCUT2D eigenvalue weighted by Gasteiger charge is 2.45. The van der Waals surface area contributed by atoms with Crippen LogP contribution in [-0.2, 0) is 11.2 Å². The molecule has 1 aliphatic carbocycles. The molecule has 1 aromatic carbocycles. The van der Waals surface area contributed by atoms with Crippen LogP contribution in [0.1, 0.15) is 93.1 Å². The third kappa shape index (κ3) is 5.63. The Morgan fingerprint density at radius 2 is 1.75 bits per heavy atom. The van der Waals surface area contributed by atoms with Crippen LogP contribution in [0.4, 0.5) is 0 Å². The summed E-state index contributed by atoms with van der Waals surface area (Å²) in [6.45, 7) is 5.82. The Hall–Kier alpha value is -1.97. The van der Waals surface area contributed by atoms with Crippen molar-refractivity contribution in [3.05, 3.63) is 46.6 Å². The SMILES string of the molecule is CCCC(CC)n1nc(O[C@@H]2OC(CO)[C@@H](O)[C@H](O)[C@H]2O)c(Cc2ccc(C3CCCC3)cc2)c1C. The van der Waals surface area contributed by atoms with E-state index in [1.165, 1.54) is 31.2 Å². The highest BCUT2D eigenvalue weighted by atomic mass is 16.7. The first-order valence-corrected chi connectivity index (χ1v) is 13.5. The molecule has 2 aliphatic rings. The Labute approximate surface area is 213 Å². The van der Waals surface area contributed by atoms with Gasteiger partial charge in [-0.2, -0.15) is 0 Å². The van der Waals surface area contributed by atoms with Gasteiger partial charge >= 0.3 is 0 Å². The van der Waals surface area contributed by atoms with Crippen molar-refractivity contribution in [2.75, 3.05) is 6.61 Å². The summed E-state index contributed by atoms with van der Waals surface area (Å²) >= 11 is 0. The van der Waals surface area contributed by atoms with Crippen LogP contribution in [0.2, 0.25) is 0 Å². The number of benzene rings is 1. The summed E-state index contributed by atoms with van der Waals surface area (Å²) in [4.78, 5) is 0. The number of nitrogens with zero attached hydrogens (tertiary/aromatic N) is 2. The molecule has 2 aromatic rings. The number of hydrogen-bond donors (Lipinski definition) is 4. The molecule has 4 N–H and O–H groups in total. The minimum absolute atomic E-state index is 0.214. The number of aromatic nitrogens is 2. The lowest BCUT2D eigenvalue weighted by molar-refractivity contribution is -0.278. The molecule has 8 nitrogen and oxygen atoms in total. The van der Waals surface area contributed by atoms with E-state index in [-0.39, 0.29) is 6.04 Å². The van der Waals surface area contributed by atoms with Crippen LogP contribution in [0.15, 0.2) is 24.3 Å².